The second-order valence-electron chi connectivity index (χ2n) is 3.90. The SMILES string of the molecule is CCCCC(Nc1ccc(F)c(F)c1F)C(=O)O. The number of carboxylic acid groups (broad SMARTS) is 1. The Morgan fingerprint density at radius 2 is 2.00 bits per heavy atom. The molecule has 6 heteroatoms. The number of nitrogens with one attached hydrogen (secondary N) is 1. The van der Waals surface area contributed by atoms with Gasteiger partial charge in [-0.25, -0.2) is 18.0 Å². The fourth-order valence-electron chi connectivity index (χ4n) is 1.49. The molecule has 3 nitrogen and oxygen atoms in total. The molecule has 1 unspecified atom stereocenters. The zero-order valence-electron chi connectivity index (χ0n) is 9.84. The summed E-state index contributed by atoms with van der Waals surface area (Å²) in [5.41, 5.74) is -0.350. The minimum Gasteiger partial charge on any atom is -0.480 e. The Hall–Kier alpha value is -1.72. The molecule has 1 rings (SSSR count). The fourth-order valence-corrected chi connectivity index (χ4v) is 1.49. The number of hydrogen-bond acceptors (Lipinski definition) is 2. The second-order valence-corrected chi connectivity index (χ2v) is 3.90. The molecule has 0 radical (unpaired) electrons. The lowest BCUT2D eigenvalue weighted by atomic mass is 10.1. The van der Waals surface area contributed by atoms with E-state index in [4.69, 9.17) is 5.11 Å². The number of carboxylic acids is 1. The van der Waals surface area contributed by atoms with E-state index < -0.39 is 29.5 Å². The first-order valence-corrected chi connectivity index (χ1v) is 5.60. The zero-order chi connectivity index (χ0) is 13.7. The standard InChI is InChI=1S/C12H14F3NO2/c1-2-3-4-9(12(17)18)16-8-6-5-7(13)10(14)11(8)15/h5-6,9,16H,2-4H2,1H3,(H,17,18). The molecule has 0 aliphatic carbocycles. The summed E-state index contributed by atoms with van der Waals surface area (Å²) in [5.74, 6) is -5.48. The normalized spacial score (nSPS) is 12.2. The highest BCUT2D eigenvalue weighted by atomic mass is 19.2. The number of unbranched alkanes of at least 4 members (excludes halogenated alkanes) is 1. The summed E-state index contributed by atoms with van der Waals surface area (Å²) < 4.78 is 39.0. The van der Waals surface area contributed by atoms with Gasteiger partial charge in [0.05, 0.1) is 5.69 Å². The molecule has 0 amide bonds. The highest BCUT2D eigenvalue weighted by Crippen LogP contribution is 2.21. The fraction of sp³-hybridized carbons (Fsp3) is 0.417. The van der Waals surface area contributed by atoms with Crippen LogP contribution in [0.2, 0.25) is 0 Å². The third-order valence-electron chi connectivity index (χ3n) is 2.51. The average molecular weight is 261 g/mol. The first-order valence-electron chi connectivity index (χ1n) is 5.60. The molecule has 0 spiro atoms. The second kappa shape index (κ2) is 6.28. The molecule has 0 fully saturated rings. The maximum absolute atomic E-state index is 13.3. The summed E-state index contributed by atoms with van der Waals surface area (Å²) in [4.78, 5) is 10.9. The van der Waals surface area contributed by atoms with Crippen molar-refractivity contribution < 1.29 is 23.1 Å². The predicted molar refractivity (Wildman–Crippen MR) is 60.9 cm³/mol. The number of anilines is 1. The molecule has 0 aliphatic rings. The molecule has 0 saturated heterocycles. The van der Waals surface area contributed by atoms with E-state index in [-0.39, 0.29) is 12.1 Å². The number of aliphatic carboxylic acids is 1. The molecule has 1 aromatic carbocycles. The molecule has 1 aromatic rings. The molecule has 100 valence electrons. The van der Waals surface area contributed by atoms with Gasteiger partial charge in [0.15, 0.2) is 17.5 Å². The molecule has 18 heavy (non-hydrogen) atoms. The van der Waals surface area contributed by atoms with E-state index >= 15 is 0 Å². The van der Waals surface area contributed by atoms with Crippen molar-refractivity contribution in [2.24, 2.45) is 0 Å². The Morgan fingerprint density at radius 3 is 2.56 bits per heavy atom. The summed E-state index contributed by atoms with van der Waals surface area (Å²) in [7, 11) is 0. The molecule has 0 aliphatic heterocycles. The molecule has 0 saturated carbocycles. The van der Waals surface area contributed by atoms with Crippen molar-refractivity contribution in [3.8, 4) is 0 Å². The molecule has 1 atom stereocenters. The summed E-state index contributed by atoms with van der Waals surface area (Å²) in [6, 6.07) is 0.707. The molecular formula is C12H14F3NO2. The highest BCUT2D eigenvalue weighted by molar-refractivity contribution is 5.77. The van der Waals surface area contributed by atoms with Crippen LogP contribution in [-0.4, -0.2) is 17.1 Å². The minimum absolute atomic E-state index is 0.282. The monoisotopic (exact) mass is 261 g/mol. The van der Waals surface area contributed by atoms with E-state index in [1.165, 1.54) is 0 Å². The molecular weight excluding hydrogens is 247 g/mol. The summed E-state index contributed by atoms with van der Waals surface area (Å²) in [6.45, 7) is 1.89. The molecule has 0 heterocycles. The van der Waals surface area contributed by atoms with Crippen molar-refractivity contribution in [1.82, 2.24) is 0 Å². The maximum atomic E-state index is 13.3. The van der Waals surface area contributed by atoms with Gasteiger partial charge >= 0.3 is 5.97 Å². The van der Waals surface area contributed by atoms with Gasteiger partial charge < -0.3 is 10.4 Å². The van der Waals surface area contributed by atoms with Crippen molar-refractivity contribution in [3.63, 3.8) is 0 Å². The Bertz CT molecular complexity index is 438. The van der Waals surface area contributed by atoms with Crippen molar-refractivity contribution in [2.45, 2.75) is 32.2 Å². The van der Waals surface area contributed by atoms with E-state index in [1.807, 2.05) is 6.92 Å². The Labute approximate surface area is 103 Å². The lowest BCUT2D eigenvalue weighted by Gasteiger charge is -2.16. The Morgan fingerprint density at radius 1 is 1.33 bits per heavy atom. The topological polar surface area (TPSA) is 49.3 Å². The van der Waals surface area contributed by atoms with Crippen LogP contribution in [0.25, 0.3) is 0 Å². The molecule has 2 N–H and O–H groups in total. The van der Waals surface area contributed by atoms with Crippen LogP contribution in [0.5, 0.6) is 0 Å². The van der Waals surface area contributed by atoms with Gasteiger partial charge in [0.25, 0.3) is 0 Å². The Balaban J connectivity index is 2.87. The first kappa shape index (κ1) is 14.3. The van der Waals surface area contributed by atoms with Gasteiger partial charge in [0, 0.05) is 0 Å². The minimum atomic E-state index is -1.61. The van der Waals surface area contributed by atoms with Gasteiger partial charge in [-0.1, -0.05) is 19.8 Å². The van der Waals surface area contributed by atoms with Crippen molar-refractivity contribution in [1.29, 1.82) is 0 Å². The van der Waals surface area contributed by atoms with E-state index in [9.17, 15) is 18.0 Å². The van der Waals surface area contributed by atoms with Crippen LogP contribution in [0.4, 0.5) is 18.9 Å². The number of benzene rings is 1. The van der Waals surface area contributed by atoms with Gasteiger partial charge in [0.2, 0.25) is 0 Å². The number of hydrogen-bond donors (Lipinski definition) is 2. The lowest BCUT2D eigenvalue weighted by molar-refractivity contribution is -0.138. The smallest absolute Gasteiger partial charge is 0.326 e. The van der Waals surface area contributed by atoms with Crippen molar-refractivity contribution >= 4 is 11.7 Å². The molecule has 0 aromatic heterocycles. The number of halogens is 3. The zero-order valence-corrected chi connectivity index (χ0v) is 9.84. The van der Waals surface area contributed by atoms with Crippen molar-refractivity contribution in [3.05, 3.63) is 29.6 Å². The van der Waals surface area contributed by atoms with E-state index in [2.05, 4.69) is 5.32 Å². The maximum Gasteiger partial charge on any atom is 0.326 e. The Kier molecular flexibility index (Phi) is 5.00. The third kappa shape index (κ3) is 3.38. The van der Waals surface area contributed by atoms with E-state index in [0.717, 1.165) is 18.6 Å². The van der Waals surface area contributed by atoms with Gasteiger partial charge in [-0.15, -0.1) is 0 Å². The van der Waals surface area contributed by atoms with Gasteiger partial charge in [-0.05, 0) is 18.6 Å². The van der Waals surface area contributed by atoms with Crippen molar-refractivity contribution in [2.75, 3.05) is 5.32 Å². The van der Waals surface area contributed by atoms with Crippen LogP contribution in [-0.2, 0) is 4.79 Å². The summed E-state index contributed by atoms with van der Waals surface area (Å²) in [6.07, 6.45) is 1.70. The first-order chi connectivity index (χ1) is 8.47. The van der Waals surface area contributed by atoms with Gasteiger partial charge in [-0.3, -0.25) is 0 Å². The highest BCUT2D eigenvalue weighted by Gasteiger charge is 2.20. The number of carbonyl (C=O) groups is 1. The number of rotatable bonds is 6. The van der Waals surface area contributed by atoms with Crippen LogP contribution in [0.1, 0.15) is 26.2 Å². The van der Waals surface area contributed by atoms with E-state index in [1.54, 1.807) is 0 Å². The van der Waals surface area contributed by atoms with Crippen LogP contribution < -0.4 is 5.32 Å². The van der Waals surface area contributed by atoms with Gasteiger partial charge in [-0.2, -0.15) is 0 Å². The largest absolute Gasteiger partial charge is 0.480 e. The van der Waals surface area contributed by atoms with Crippen LogP contribution in [0, 0.1) is 17.5 Å². The third-order valence-corrected chi connectivity index (χ3v) is 2.51. The van der Waals surface area contributed by atoms with Crippen LogP contribution in [0.15, 0.2) is 12.1 Å². The summed E-state index contributed by atoms with van der Waals surface area (Å²) >= 11 is 0. The van der Waals surface area contributed by atoms with Crippen LogP contribution >= 0.6 is 0 Å². The lowest BCUT2D eigenvalue weighted by Crippen LogP contribution is -2.29. The summed E-state index contributed by atoms with van der Waals surface area (Å²) in [5, 5.41) is 11.3. The quantitative estimate of drug-likeness (QED) is 0.773. The molecule has 0 bridgehead atoms. The predicted octanol–water partition coefficient (Wildman–Crippen LogP) is 3.16. The van der Waals surface area contributed by atoms with Crippen LogP contribution in [0.3, 0.4) is 0 Å². The van der Waals surface area contributed by atoms with Gasteiger partial charge in [0.1, 0.15) is 6.04 Å². The van der Waals surface area contributed by atoms with E-state index in [0.29, 0.717) is 6.42 Å². The average Bonchev–Trinajstić information content (AvgIpc) is 2.33.